The molecule has 0 aromatic heterocycles. The molecular formula is C10H13Cl2NO3. The smallest absolute Gasteiger partial charge is 0.320 e. The monoisotopic (exact) mass is 265 g/mol. The third-order valence-corrected chi connectivity index (χ3v) is 2.28. The maximum Gasteiger partial charge on any atom is 0.320 e. The number of aliphatic carboxylic acids is 1. The average Bonchev–Trinajstić information content (AvgIpc) is 2.18. The fraction of sp³-hybridized carbons (Fsp3) is 0.300. The number of hydrogen-bond donors (Lipinski definition) is 2. The van der Waals surface area contributed by atoms with Crippen LogP contribution in [0.2, 0.25) is 5.02 Å². The van der Waals surface area contributed by atoms with Gasteiger partial charge >= 0.3 is 5.97 Å². The minimum absolute atomic E-state index is 0. The molecule has 1 aromatic rings. The van der Waals surface area contributed by atoms with Gasteiger partial charge in [-0.1, -0.05) is 17.7 Å². The molecule has 0 saturated carbocycles. The van der Waals surface area contributed by atoms with Gasteiger partial charge in [0.2, 0.25) is 0 Å². The molecule has 0 unspecified atom stereocenters. The minimum Gasteiger partial charge on any atom is -0.495 e. The van der Waals surface area contributed by atoms with Crippen molar-refractivity contribution >= 4 is 30.0 Å². The summed E-state index contributed by atoms with van der Waals surface area (Å²) >= 11 is 5.88. The average molecular weight is 266 g/mol. The zero-order valence-corrected chi connectivity index (χ0v) is 10.2. The summed E-state index contributed by atoms with van der Waals surface area (Å²) in [4.78, 5) is 10.5. The molecule has 0 aliphatic heterocycles. The first-order valence-electron chi connectivity index (χ1n) is 4.35. The highest BCUT2D eigenvalue weighted by molar-refractivity contribution is 6.32. The first-order chi connectivity index (χ1) is 7.04. The molecule has 3 N–H and O–H groups in total. The SMILES string of the molecule is COc1ccc(C[C@@H](N)C(=O)O)cc1Cl.Cl. The summed E-state index contributed by atoms with van der Waals surface area (Å²) in [5.74, 6) is -0.466. The summed E-state index contributed by atoms with van der Waals surface area (Å²) in [5.41, 5.74) is 6.17. The number of hydrogen-bond acceptors (Lipinski definition) is 3. The minimum atomic E-state index is -1.03. The molecule has 16 heavy (non-hydrogen) atoms. The third kappa shape index (κ3) is 3.89. The van der Waals surface area contributed by atoms with Crippen molar-refractivity contribution in [3.63, 3.8) is 0 Å². The Kier molecular flexibility index (Phi) is 6.18. The van der Waals surface area contributed by atoms with Gasteiger partial charge in [0.15, 0.2) is 0 Å². The molecule has 0 saturated heterocycles. The number of halogens is 2. The number of rotatable bonds is 4. The lowest BCUT2D eigenvalue weighted by atomic mass is 10.1. The van der Waals surface area contributed by atoms with E-state index >= 15 is 0 Å². The van der Waals surface area contributed by atoms with E-state index < -0.39 is 12.0 Å². The lowest BCUT2D eigenvalue weighted by Crippen LogP contribution is -2.32. The second kappa shape index (κ2) is 6.58. The normalized spacial score (nSPS) is 11.4. The van der Waals surface area contributed by atoms with Gasteiger partial charge in [-0.15, -0.1) is 12.4 Å². The quantitative estimate of drug-likeness (QED) is 0.870. The van der Waals surface area contributed by atoms with Gasteiger partial charge in [0.25, 0.3) is 0 Å². The van der Waals surface area contributed by atoms with Crippen LogP contribution >= 0.6 is 24.0 Å². The van der Waals surface area contributed by atoms with Crippen LogP contribution in [0.5, 0.6) is 5.75 Å². The van der Waals surface area contributed by atoms with Crippen LogP contribution in [-0.2, 0) is 11.2 Å². The van der Waals surface area contributed by atoms with Crippen molar-refractivity contribution < 1.29 is 14.6 Å². The lowest BCUT2D eigenvalue weighted by molar-refractivity contribution is -0.138. The van der Waals surface area contributed by atoms with Crippen molar-refractivity contribution in [3.05, 3.63) is 28.8 Å². The largest absolute Gasteiger partial charge is 0.495 e. The molecule has 0 radical (unpaired) electrons. The van der Waals surface area contributed by atoms with Crippen molar-refractivity contribution in [2.45, 2.75) is 12.5 Å². The Labute approximate surface area is 105 Å². The third-order valence-electron chi connectivity index (χ3n) is 1.99. The molecule has 1 atom stereocenters. The Balaban J connectivity index is 0.00000225. The topological polar surface area (TPSA) is 72.5 Å². The van der Waals surface area contributed by atoms with Gasteiger partial charge in [-0.2, -0.15) is 0 Å². The van der Waals surface area contributed by atoms with Crippen LogP contribution in [0.3, 0.4) is 0 Å². The Morgan fingerprint density at radius 3 is 2.69 bits per heavy atom. The predicted octanol–water partition coefficient (Wildman–Crippen LogP) is 1.72. The zero-order chi connectivity index (χ0) is 11.4. The van der Waals surface area contributed by atoms with Crippen LogP contribution in [0, 0.1) is 0 Å². The Bertz CT molecular complexity index is 371. The lowest BCUT2D eigenvalue weighted by Gasteiger charge is -2.08. The van der Waals surface area contributed by atoms with Gasteiger partial charge in [0.1, 0.15) is 11.8 Å². The first kappa shape index (κ1) is 15.0. The standard InChI is InChI=1S/C10H12ClNO3.ClH/c1-15-9-3-2-6(4-7(9)11)5-8(12)10(13)14;/h2-4,8H,5,12H2,1H3,(H,13,14);1H/t8-;/m1./s1. The Morgan fingerprint density at radius 2 is 2.25 bits per heavy atom. The maximum atomic E-state index is 10.5. The van der Waals surface area contributed by atoms with Crippen molar-refractivity contribution in [3.8, 4) is 5.75 Å². The van der Waals surface area contributed by atoms with Crippen LogP contribution in [0.1, 0.15) is 5.56 Å². The molecule has 0 heterocycles. The van der Waals surface area contributed by atoms with Crippen molar-refractivity contribution in [1.82, 2.24) is 0 Å². The number of methoxy groups -OCH3 is 1. The molecule has 1 rings (SSSR count). The molecule has 0 aliphatic rings. The summed E-state index contributed by atoms with van der Waals surface area (Å²) < 4.78 is 4.97. The summed E-state index contributed by atoms with van der Waals surface area (Å²) in [6, 6.07) is 4.18. The number of benzene rings is 1. The molecule has 0 fully saturated rings. The van der Waals surface area contributed by atoms with Gasteiger partial charge in [-0.05, 0) is 24.1 Å². The molecule has 1 aromatic carbocycles. The van der Waals surface area contributed by atoms with Gasteiger partial charge in [0.05, 0.1) is 12.1 Å². The summed E-state index contributed by atoms with van der Waals surface area (Å²) in [5, 5.41) is 9.08. The number of ether oxygens (including phenoxy) is 1. The van der Waals surface area contributed by atoms with Crippen molar-refractivity contribution in [2.75, 3.05) is 7.11 Å². The van der Waals surface area contributed by atoms with Crippen LogP contribution in [0.4, 0.5) is 0 Å². The maximum absolute atomic E-state index is 10.5. The second-order valence-corrected chi connectivity index (χ2v) is 3.52. The van der Waals surface area contributed by atoms with Crippen LogP contribution < -0.4 is 10.5 Å². The van der Waals surface area contributed by atoms with E-state index in [1.807, 2.05) is 0 Å². The summed E-state index contributed by atoms with van der Waals surface area (Å²) in [6.45, 7) is 0. The fourth-order valence-corrected chi connectivity index (χ4v) is 1.46. The van der Waals surface area contributed by atoms with Crippen LogP contribution in [0.15, 0.2) is 18.2 Å². The fourth-order valence-electron chi connectivity index (χ4n) is 1.18. The van der Waals surface area contributed by atoms with E-state index in [2.05, 4.69) is 0 Å². The van der Waals surface area contributed by atoms with E-state index in [4.69, 9.17) is 27.2 Å². The van der Waals surface area contributed by atoms with Crippen molar-refractivity contribution in [2.24, 2.45) is 5.73 Å². The zero-order valence-electron chi connectivity index (χ0n) is 8.64. The summed E-state index contributed by atoms with van der Waals surface area (Å²) in [7, 11) is 1.52. The highest BCUT2D eigenvalue weighted by Gasteiger charge is 2.12. The molecule has 90 valence electrons. The number of carboxylic acids is 1. The van der Waals surface area contributed by atoms with E-state index in [1.165, 1.54) is 7.11 Å². The van der Waals surface area contributed by atoms with Gasteiger partial charge in [-0.25, -0.2) is 0 Å². The molecule has 4 nitrogen and oxygen atoms in total. The van der Waals surface area contributed by atoms with E-state index in [-0.39, 0.29) is 18.8 Å². The molecule has 0 spiro atoms. The number of nitrogens with two attached hydrogens (primary N) is 1. The van der Waals surface area contributed by atoms with Gasteiger partial charge < -0.3 is 15.6 Å². The van der Waals surface area contributed by atoms with Crippen LogP contribution in [-0.4, -0.2) is 24.2 Å². The number of carboxylic acid groups (broad SMARTS) is 1. The second-order valence-electron chi connectivity index (χ2n) is 3.12. The van der Waals surface area contributed by atoms with Crippen LogP contribution in [0.25, 0.3) is 0 Å². The molecule has 0 bridgehead atoms. The Morgan fingerprint density at radius 1 is 1.62 bits per heavy atom. The molecule has 0 aliphatic carbocycles. The summed E-state index contributed by atoms with van der Waals surface area (Å²) in [6.07, 6.45) is 0.249. The van der Waals surface area contributed by atoms with Gasteiger partial charge in [-0.3, -0.25) is 4.79 Å². The van der Waals surface area contributed by atoms with Gasteiger partial charge in [0, 0.05) is 0 Å². The highest BCUT2D eigenvalue weighted by atomic mass is 35.5. The Hall–Kier alpha value is -0.970. The van der Waals surface area contributed by atoms with E-state index in [9.17, 15) is 4.79 Å². The highest BCUT2D eigenvalue weighted by Crippen LogP contribution is 2.25. The predicted molar refractivity (Wildman–Crippen MR) is 64.6 cm³/mol. The first-order valence-corrected chi connectivity index (χ1v) is 4.73. The molecular weight excluding hydrogens is 253 g/mol. The molecule has 6 heteroatoms. The van der Waals surface area contributed by atoms with Crippen molar-refractivity contribution in [1.29, 1.82) is 0 Å². The van der Waals surface area contributed by atoms with E-state index in [0.717, 1.165) is 5.56 Å². The molecule has 0 amide bonds. The van der Waals surface area contributed by atoms with E-state index in [1.54, 1.807) is 18.2 Å². The van der Waals surface area contributed by atoms with E-state index in [0.29, 0.717) is 10.8 Å². The number of carbonyl (C=O) groups is 1.